The SMILES string of the molecule is COCC1(CNc2ncnc3sccc23)OCCc2ccccc21. The summed E-state index contributed by atoms with van der Waals surface area (Å²) in [7, 11) is 1.71. The van der Waals surface area contributed by atoms with Crippen LogP contribution in [0.5, 0.6) is 0 Å². The van der Waals surface area contributed by atoms with Gasteiger partial charge in [0.1, 0.15) is 22.6 Å². The van der Waals surface area contributed by atoms with Crippen molar-refractivity contribution in [2.75, 3.05) is 32.2 Å². The largest absolute Gasteiger partial charge is 0.381 e. The van der Waals surface area contributed by atoms with Crippen molar-refractivity contribution in [1.82, 2.24) is 9.97 Å². The zero-order valence-corrected chi connectivity index (χ0v) is 14.3. The molecule has 24 heavy (non-hydrogen) atoms. The molecule has 0 radical (unpaired) electrons. The van der Waals surface area contributed by atoms with Gasteiger partial charge >= 0.3 is 0 Å². The summed E-state index contributed by atoms with van der Waals surface area (Å²) in [4.78, 5) is 9.68. The topological polar surface area (TPSA) is 56.3 Å². The molecule has 3 aromatic rings. The highest BCUT2D eigenvalue weighted by Crippen LogP contribution is 2.34. The number of hydrogen-bond acceptors (Lipinski definition) is 6. The second-order valence-corrected chi connectivity index (χ2v) is 6.79. The lowest BCUT2D eigenvalue weighted by molar-refractivity contribution is -0.0937. The van der Waals surface area contributed by atoms with Crippen LogP contribution in [-0.2, 0) is 21.5 Å². The van der Waals surface area contributed by atoms with Crippen molar-refractivity contribution in [2.24, 2.45) is 0 Å². The van der Waals surface area contributed by atoms with E-state index in [0.29, 0.717) is 19.8 Å². The van der Waals surface area contributed by atoms with Crippen LogP contribution in [0.3, 0.4) is 0 Å². The second kappa shape index (κ2) is 6.47. The molecule has 0 amide bonds. The molecule has 4 rings (SSSR count). The van der Waals surface area contributed by atoms with E-state index < -0.39 is 5.60 Å². The Hall–Kier alpha value is -2.02. The van der Waals surface area contributed by atoms with E-state index in [1.54, 1.807) is 24.8 Å². The highest BCUT2D eigenvalue weighted by atomic mass is 32.1. The predicted octanol–water partition coefficient (Wildman–Crippen LogP) is 3.22. The number of rotatable bonds is 5. The fourth-order valence-electron chi connectivity index (χ4n) is 3.32. The van der Waals surface area contributed by atoms with Gasteiger partial charge in [0, 0.05) is 7.11 Å². The summed E-state index contributed by atoms with van der Waals surface area (Å²) < 4.78 is 11.7. The van der Waals surface area contributed by atoms with Crippen LogP contribution in [0.2, 0.25) is 0 Å². The van der Waals surface area contributed by atoms with Crippen LogP contribution in [0, 0.1) is 0 Å². The molecule has 0 aliphatic carbocycles. The number of anilines is 1. The van der Waals surface area contributed by atoms with Crippen LogP contribution >= 0.6 is 11.3 Å². The number of methoxy groups -OCH3 is 1. The first-order valence-corrected chi connectivity index (χ1v) is 8.84. The van der Waals surface area contributed by atoms with Gasteiger partial charge in [-0.05, 0) is 29.0 Å². The molecule has 0 spiro atoms. The number of ether oxygens (including phenoxy) is 2. The third-order valence-electron chi connectivity index (χ3n) is 4.44. The van der Waals surface area contributed by atoms with Gasteiger partial charge in [0.2, 0.25) is 0 Å². The lowest BCUT2D eigenvalue weighted by atomic mass is 9.86. The van der Waals surface area contributed by atoms with Crippen LogP contribution in [0.25, 0.3) is 10.2 Å². The fraction of sp³-hybridized carbons (Fsp3) is 0.333. The van der Waals surface area contributed by atoms with Gasteiger partial charge in [-0.2, -0.15) is 0 Å². The first-order chi connectivity index (χ1) is 11.8. The van der Waals surface area contributed by atoms with Gasteiger partial charge in [0.15, 0.2) is 0 Å². The summed E-state index contributed by atoms with van der Waals surface area (Å²) in [5.74, 6) is 0.836. The van der Waals surface area contributed by atoms with Crippen LogP contribution in [0.15, 0.2) is 42.0 Å². The first kappa shape index (κ1) is 15.5. The number of benzene rings is 1. The molecule has 0 saturated carbocycles. The van der Waals surface area contributed by atoms with E-state index in [0.717, 1.165) is 22.5 Å². The van der Waals surface area contributed by atoms with Crippen LogP contribution in [0.1, 0.15) is 11.1 Å². The Morgan fingerprint density at radius 2 is 2.21 bits per heavy atom. The molecule has 0 saturated heterocycles. The molecular formula is C18H19N3O2S. The predicted molar refractivity (Wildman–Crippen MR) is 95.6 cm³/mol. The summed E-state index contributed by atoms with van der Waals surface area (Å²) in [6.45, 7) is 1.79. The van der Waals surface area contributed by atoms with Gasteiger partial charge in [0.25, 0.3) is 0 Å². The van der Waals surface area contributed by atoms with Gasteiger partial charge in [-0.1, -0.05) is 24.3 Å². The average molecular weight is 341 g/mol. The van der Waals surface area contributed by atoms with E-state index in [1.165, 1.54) is 11.1 Å². The van der Waals surface area contributed by atoms with Crippen LogP contribution in [0.4, 0.5) is 5.82 Å². The summed E-state index contributed by atoms with van der Waals surface area (Å²) in [6.07, 6.45) is 2.53. The molecule has 1 atom stereocenters. The standard InChI is InChI=1S/C18H19N3O2S/c1-22-11-18(15-5-3-2-4-13(15)6-8-23-18)10-19-16-14-7-9-24-17(14)21-12-20-16/h2-5,7,9,12H,6,8,10-11H2,1H3,(H,19,20,21). The average Bonchev–Trinajstić information content (AvgIpc) is 3.10. The molecule has 124 valence electrons. The van der Waals surface area contributed by atoms with Crippen molar-refractivity contribution < 1.29 is 9.47 Å². The minimum atomic E-state index is -0.503. The number of fused-ring (bicyclic) bond motifs is 2. The smallest absolute Gasteiger partial charge is 0.138 e. The lowest BCUT2D eigenvalue weighted by Gasteiger charge is -2.39. The second-order valence-electron chi connectivity index (χ2n) is 5.90. The summed E-state index contributed by atoms with van der Waals surface area (Å²) in [6, 6.07) is 10.5. The molecule has 1 aliphatic rings. The van der Waals surface area contributed by atoms with Crippen molar-refractivity contribution in [2.45, 2.75) is 12.0 Å². The van der Waals surface area contributed by atoms with Gasteiger partial charge in [-0.25, -0.2) is 9.97 Å². The molecule has 1 N–H and O–H groups in total. The van der Waals surface area contributed by atoms with Crippen LogP contribution in [-0.4, -0.2) is 36.8 Å². The maximum Gasteiger partial charge on any atom is 0.138 e. The third-order valence-corrected chi connectivity index (χ3v) is 5.26. The van der Waals surface area contributed by atoms with E-state index in [1.807, 2.05) is 11.4 Å². The number of aromatic nitrogens is 2. The Kier molecular flexibility index (Phi) is 4.18. The first-order valence-electron chi connectivity index (χ1n) is 7.96. The summed E-state index contributed by atoms with van der Waals surface area (Å²) in [5, 5.41) is 6.53. The van der Waals surface area contributed by atoms with Gasteiger partial charge in [-0.3, -0.25) is 0 Å². The number of nitrogens with one attached hydrogen (secondary N) is 1. The monoisotopic (exact) mass is 341 g/mol. The van der Waals surface area contributed by atoms with Crippen molar-refractivity contribution in [3.8, 4) is 0 Å². The molecule has 1 aromatic carbocycles. The number of thiophene rings is 1. The Morgan fingerprint density at radius 1 is 1.29 bits per heavy atom. The van der Waals surface area contributed by atoms with E-state index in [9.17, 15) is 0 Å². The Labute approximate surface area is 144 Å². The molecule has 6 heteroatoms. The minimum Gasteiger partial charge on any atom is -0.381 e. The molecule has 1 unspecified atom stereocenters. The fourth-order valence-corrected chi connectivity index (χ4v) is 4.06. The number of hydrogen-bond donors (Lipinski definition) is 1. The molecule has 1 aliphatic heterocycles. The van der Waals surface area contributed by atoms with Crippen molar-refractivity contribution >= 4 is 27.4 Å². The quantitative estimate of drug-likeness (QED) is 0.772. The normalized spacial score (nSPS) is 20.0. The molecule has 0 bridgehead atoms. The van der Waals surface area contributed by atoms with Gasteiger partial charge in [0.05, 0.1) is 25.1 Å². The molecule has 2 aromatic heterocycles. The molecule has 0 fully saturated rings. The Balaban J connectivity index is 1.67. The van der Waals surface area contributed by atoms with Crippen molar-refractivity contribution in [3.05, 3.63) is 53.2 Å². The van der Waals surface area contributed by atoms with E-state index >= 15 is 0 Å². The Bertz CT molecular complexity index is 851. The van der Waals surface area contributed by atoms with E-state index in [2.05, 4.69) is 39.6 Å². The van der Waals surface area contributed by atoms with Crippen LogP contribution < -0.4 is 5.32 Å². The van der Waals surface area contributed by atoms with Crippen molar-refractivity contribution in [3.63, 3.8) is 0 Å². The van der Waals surface area contributed by atoms with Gasteiger partial charge < -0.3 is 14.8 Å². The molecule has 5 nitrogen and oxygen atoms in total. The zero-order valence-electron chi connectivity index (χ0n) is 13.5. The van der Waals surface area contributed by atoms with E-state index in [4.69, 9.17) is 9.47 Å². The third kappa shape index (κ3) is 2.66. The molecule has 3 heterocycles. The maximum atomic E-state index is 6.22. The number of nitrogens with zero attached hydrogens (tertiary/aromatic N) is 2. The maximum absolute atomic E-state index is 6.22. The summed E-state index contributed by atoms with van der Waals surface area (Å²) in [5.41, 5.74) is 2.02. The minimum absolute atomic E-state index is 0.495. The summed E-state index contributed by atoms with van der Waals surface area (Å²) >= 11 is 1.61. The lowest BCUT2D eigenvalue weighted by Crippen LogP contribution is -2.45. The Morgan fingerprint density at radius 3 is 3.12 bits per heavy atom. The van der Waals surface area contributed by atoms with Crippen molar-refractivity contribution in [1.29, 1.82) is 0 Å². The highest BCUT2D eigenvalue weighted by Gasteiger charge is 2.38. The highest BCUT2D eigenvalue weighted by molar-refractivity contribution is 7.16. The molecular weight excluding hydrogens is 322 g/mol. The zero-order chi connectivity index (χ0) is 16.4. The van der Waals surface area contributed by atoms with E-state index in [-0.39, 0.29) is 0 Å². The van der Waals surface area contributed by atoms with Gasteiger partial charge in [-0.15, -0.1) is 11.3 Å².